The van der Waals surface area contributed by atoms with Crippen molar-refractivity contribution in [1.82, 2.24) is 37.2 Å². The maximum absolute atomic E-state index is 13.8. The van der Waals surface area contributed by atoms with Crippen molar-refractivity contribution in [2.45, 2.75) is 144 Å². The Morgan fingerprint density at radius 1 is 0.385 bits per heavy atom. The third-order valence-corrected chi connectivity index (χ3v) is 16.4. The van der Waals surface area contributed by atoms with Crippen molar-refractivity contribution in [3.63, 3.8) is 0 Å². The van der Waals surface area contributed by atoms with E-state index in [1.807, 2.05) is 0 Å². The molecule has 3 rings (SSSR count). The van der Waals surface area contributed by atoms with E-state index in [-0.39, 0.29) is 215 Å². The van der Waals surface area contributed by atoms with Gasteiger partial charge in [0, 0.05) is 78.6 Å². The molecule has 6 amide bonds. The van der Waals surface area contributed by atoms with Crippen LogP contribution in [0.3, 0.4) is 0 Å². The first-order valence-corrected chi connectivity index (χ1v) is 37.3. The maximum atomic E-state index is 13.8. The first kappa shape index (κ1) is 99.3. The summed E-state index contributed by atoms with van der Waals surface area (Å²) in [4.78, 5) is 88.8. The molecule has 0 bridgehead atoms. The molecule has 3 fully saturated rings. The fourth-order valence-corrected chi connectivity index (χ4v) is 10.5. The van der Waals surface area contributed by atoms with Gasteiger partial charge in [0.25, 0.3) is 0 Å². The van der Waals surface area contributed by atoms with Crippen LogP contribution in [0, 0.1) is 0 Å². The van der Waals surface area contributed by atoms with Gasteiger partial charge in [0.15, 0.2) is 18.9 Å². The molecule has 42 nitrogen and oxygen atoms in total. The standard InChI is InChI=1S/C66H120IN7O35/c1-45(78)72-57-62(89)60(87)50(40-76)108-64(57)104-34-30-95-19-10-70-53(83)5-15-101-43-66(42-100-12-3-47(80)38-68-8-17-93-29-33-103-56-37-48(81)59(86)49(39-75)107-56,44-102-16-6-54(84)71-11-20-96-31-35-105-65-58(73-46(2)79)63(90)61(88)51(41-77)109-65)74-55(85)7-14-92-21-23-94-18-9-69-52(82)4-13-91-22-24-97-25-26-98-27-28-99-32-36-106-67/h48-51,56-65,68,75-77,81,86-90H,3-44H2,1-2H3,(H,69,82)(H,70,83)(H,71,84)(H,72,78)(H,73,79)(H,74,85)/t48-,49-,50-,51-,56-,57-,58-,59-,60+,61+,62-,63-,64-,65-/m1/s1. The molecule has 0 saturated carbocycles. The average Bonchev–Trinajstić information content (AvgIpc) is 0.815. The zero-order valence-electron chi connectivity index (χ0n) is 62.3. The first-order chi connectivity index (χ1) is 52.7. The van der Waals surface area contributed by atoms with Gasteiger partial charge in [-0.2, -0.15) is 0 Å². The van der Waals surface area contributed by atoms with E-state index in [1.54, 1.807) is 23.0 Å². The third kappa shape index (κ3) is 45.7. The molecule has 0 aromatic rings. The molecule has 0 aromatic heterocycles. The van der Waals surface area contributed by atoms with Crippen molar-refractivity contribution < 1.29 is 168 Å². The molecule has 3 aliphatic rings. The molecule has 0 aromatic carbocycles. The number of carbonyl (C=O) groups is 7. The van der Waals surface area contributed by atoms with Gasteiger partial charge in [0.2, 0.25) is 35.4 Å². The van der Waals surface area contributed by atoms with Gasteiger partial charge in [-0.05, 0) is 0 Å². The minimum absolute atomic E-state index is 0.00874. The number of carbonyl (C=O) groups excluding carboxylic acids is 7. The lowest BCUT2D eigenvalue weighted by Gasteiger charge is -2.42. The summed E-state index contributed by atoms with van der Waals surface area (Å²) < 4.78 is 106. The van der Waals surface area contributed by atoms with Crippen LogP contribution in [0.5, 0.6) is 0 Å². The molecular weight excluding hydrogens is 1580 g/mol. The van der Waals surface area contributed by atoms with Gasteiger partial charge in [-0.15, -0.1) is 0 Å². The van der Waals surface area contributed by atoms with Crippen molar-refractivity contribution in [1.29, 1.82) is 0 Å². The third-order valence-electron chi connectivity index (χ3n) is 16.0. The van der Waals surface area contributed by atoms with E-state index >= 15 is 0 Å². The fraction of sp³-hybridized carbons (Fsp3) is 0.894. The molecule has 43 heteroatoms. The quantitative estimate of drug-likeness (QED) is 0.0199. The summed E-state index contributed by atoms with van der Waals surface area (Å²) >= 11 is 1.80. The molecular formula is C66H120IN7O35. The highest BCUT2D eigenvalue weighted by Crippen LogP contribution is 2.25. The number of hydrogen-bond acceptors (Lipinski definition) is 36. The second kappa shape index (κ2) is 62.4. The number of amides is 6. The van der Waals surface area contributed by atoms with E-state index in [1.165, 1.54) is 13.8 Å². The Labute approximate surface area is 648 Å². The highest BCUT2D eigenvalue weighted by atomic mass is 127. The summed E-state index contributed by atoms with van der Waals surface area (Å²) in [6.07, 6.45) is -15.4. The zero-order chi connectivity index (χ0) is 79.7. The summed E-state index contributed by atoms with van der Waals surface area (Å²) in [5.74, 6) is -2.92. The Hall–Kier alpha value is -3.94. The van der Waals surface area contributed by atoms with E-state index in [4.69, 9.17) is 88.3 Å². The molecule has 0 unspecified atom stereocenters. The highest BCUT2D eigenvalue weighted by molar-refractivity contribution is 14.1. The van der Waals surface area contributed by atoms with Crippen LogP contribution >= 0.6 is 23.0 Å². The maximum Gasteiger partial charge on any atom is 0.222 e. The molecule has 3 heterocycles. The lowest BCUT2D eigenvalue weighted by Crippen LogP contribution is -2.64. The lowest BCUT2D eigenvalue weighted by molar-refractivity contribution is -0.272. The van der Waals surface area contributed by atoms with Crippen molar-refractivity contribution in [3.05, 3.63) is 0 Å². The number of aliphatic hydroxyl groups is 9. The summed E-state index contributed by atoms with van der Waals surface area (Å²) in [5, 5.41) is 109. The summed E-state index contributed by atoms with van der Waals surface area (Å²) in [6, 6.07) is -2.29. The molecule has 0 aliphatic carbocycles. The lowest BCUT2D eigenvalue weighted by atomic mass is 9.97. The monoisotopic (exact) mass is 1700 g/mol. The topological polar surface area (TPSA) is 561 Å². The van der Waals surface area contributed by atoms with Crippen molar-refractivity contribution in [2.75, 3.05) is 238 Å². The molecule has 0 radical (unpaired) electrons. The second-order valence-corrected chi connectivity index (χ2v) is 25.5. The minimum Gasteiger partial charge on any atom is -0.394 e. The predicted octanol–water partition coefficient (Wildman–Crippen LogP) is -8.37. The molecule has 0 spiro atoms. The van der Waals surface area contributed by atoms with Gasteiger partial charge < -0.3 is 172 Å². The number of hydrogen-bond donors (Lipinski definition) is 16. The normalized spacial score (nSPS) is 23.6. The van der Waals surface area contributed by atoms with Crippen LogP contribution < -0.4 is 37.2 Å². The van der Waals surface area contributed by atoms with E-state index in [0.717, 1.165) is 0 Å². The van der Waals surface area contributed by atoms with Gasteiger partial charge in [0.1, 0.15) is 95.2 Å². The van der Waals surface area contributed by atoms with Crippen molar-refractivity contribution in [3.8, 4) is 0 Å². The van der Waals surface area contributed by atoms with Gasteiger partial charge >= 0.3 is 0 Å². The van der Waals surface area contributed by atoms with Crippen LogP contribution in [0.2, 0.25) is 0 Å². The molecule has 3 aliphatic heterocycles. The van der Waals surface area contributed by atoms with Gasteiger partial charge in [-0.3, -0.25) is 33.6 Å². The van der Waals surface area contributed by atoms with Gasteiger partial charge in [0.05, 0.1) is 217 Å². The Balaban J connectivity index is 1.56. The average molecular weight is 1700 g/mol. The number of halogens is 1. The molecule has 14 atom stereocenters. The SMILES string of the molecule is CC(=O)N[C@H]1[C@H](OCCOCCNC(=O)CCOCC(COCCC(=O)CNCCOCCO[C@H]2C[C@@H](O)[C@@H](O)[C@@H](CO)O2)(COCCC(=O)NCCOCCO[C@@H]2O[C@H](CO)[C@H](O)[C@H](O)[C@H]2NC(C)=O)NC(=O)CCOCCOCCNC(=O)CCOCCOCCOCCOCCOI)O[C@H](CO)[C@H](O)[C@@H]1O. The number of ketones is 1. The van der Waals surface area contributed by atoms with Gasteiger partial charge in [-0.1, -0.05) is 0 Å². The van der Waals surface area contributed by atoms with Crippen LogP contribution in [-0.4, -0.2) is 416 Å². The van der Waals surface area contributed by atoms with E-state index < -0.39 is 141 Å². The number of Topliss-reactive ketones (excluding diaryl/α,β-unsaturated/α-hetero) is 1. The van der Waals surface area contributed by atoms with E-state index in [9.17, 15) is 79.5 Å². The second-order valence-electron chi connectivity index (χ2n) is 24.9. The molecule has 109 heavy (non-hydrogen) atoms. The van der Waals surface area contributed by atoms with Crippen LogP contribution in [0.4, 0.5) is 0 Å². The Morgan fingerprint density at radius 2 is 0.725 bits per heavy atom. The number of rotatable bonds is 68. The Kier molecular flexibility index (Phi) is 56.8. The molecule has 636 valence electrons. The number of ether oxygens (including phenoxy) is 18. The minimum atomic E-state index is -1.50. The Morgan fingerprint density at radius 3 is 1.13 bits per heavy atom. The fourth-order valence-electron chi connectivity index (χ4n) is 10.3. The summed E-state index contributed by atoms with van der Waals surface area (Å²) in [5.41, 5.74) is -1.50. The largest absolute Gasteiger partial charge is 0.394 e. The van der Waals surface area contributed by atoms with Crippen LogP contribution in [-0.2, 0) is 122 Å². The summed E-state index contributed by atoms with van der Waals surface area (Å²) in [6.45, 7) is 4.02. The molecule has 3 saturated heterocycles. The van der Waals surface area contributed by atoms with Crippen molar-refractivity contribution >= 4 is 64.2 Å². The van der Waals surface area contributed by atoms with E-state index in [2.05, 4.69) is 37.2 Å². The van der Waals surface area contributed by atoms with Crippen molar-refractivity contribution in [2.24, 2.45) is 0 Å². The Bertz CT molecular complexity index is 2330. The van der Waals surface area contributed by atoms with Gasteiger partial charge in [-0.25, -0.2) is 0 Å². The van der Waals surface area contributed by atoms with Crippen LogP contribution in [0.25, 0.3) is 0 Å². The zero-order valence-corrected chi connectivity index (χ0v) is 64.5. The summed E-state index contributed by atoms with van der Waals surface area (Å²) in [7, 11) is 0. The van der Waals surface area contributed by atoms with E-state index in [0.29, 0.717) is 52.9 Å². The van der Waals surface area contributed by atoms with Crippen LogP contribution in [0.1, 0.15) is 52.4 Å². The molecule has 16 N–H and O–H groups in total. The highest BCUT2D eigenvalue weighted by Gasteiger charge is 2.47. The first-order valence-electron chi connectivity index (χ1n) is 36.4. The number of nitrogens with one attached hydrogen (secondary N) is 7. The van der Waals surface area contributed by atoms with Crippen LogP contribution in [0.15, 0.2) is 0 Å². The smallest absolute Gasteiger partial charge is 0.222 e. The predicted molar refractivity (Wildman–Crippen MR) is 382 cm³/mol. The number of aliphatic hydroxyl groups excluding tert-OH is 9.